The summed E-state index contributed by atoms with van der Waals surface area (Å²) in [6.07, 6.45) is 1.76. The molecule has 1 amide bonds. The van der Waals surface area contributed by atoms with Crippen LogP contribution in [0, 0.1) is 11.6 Å². The molecule has 3 aromatic carbocycles. The fraction of sp³-hybridized carbons (Fsp3) is 0.222. The van der Waals surface area contributed by atoms with Gasteiger partial charge in [0, 0.05) is 42.3 Å². The molecular formula is C27H25F2N3O3S2. The van der Waals surface area contributed by atoms with Crippen molar-refractivity contribution in [1.82, 2.24) is 4.90 Å². The maximum Gasteiger partial charge on any atom is 0.262 e. The Morgan fingerprint density at radius 3 is 2.32 bits per heavy atom. The van der Waals surface area contributed by atoms with Crippen LogP contribution in [-0.4, -0.2) is 52.5 Å². The van der Waals surface area contributed by atoms with Crippen molar-refractivity contribution in [2.24, 2.45) is 0 Å². The smallest absolute Gasteiger partial charge is 0.262 e. The van der Waals surface area contributed by atoms with Gasteiger partial charge in [0.2, 0.25) is 0 Å². The molecule has 1 N–H and O–H groups in total. The minimum absolute atomic E-state index is 0.0755. The molecule has 0 atom stereocenters. The van der Waals surface area contributed by atoms with E-state index in [0.717, 1.165) is 61.3 Å². The molecular weight excluding hydrogens is 516 g/mol. The van der Waals surface area contributed by atoms with Crippen molar-refractivity contribution < 1.29 is 22.0 Å². The Balaban J connectivity index is 1.36. The van der Waals surface area contributed by atoms with Gasteiger partial charge in [-0.2, -0.15) is 0 Å². The second-order valence-corrected chi connectivity index (χ2v) is 12.1. The molecule has 6 nitrogen and oxygen atoms in total. The van der Waals surface area contributed by atoms with Crippen LogP contribution in [0.2, 0.25) is 0 Å². The van der Waals surface area contributed by atoms with E-state index < -0.39 is 32.8 Å². The van der Waals surface area contributed by atoms with Crippen molar-refractivity contribution in [3.8, 4) is 0 Å². The van der Waals surface area contributed by atoms with E-state index in [2.05, 4.69) is 22.2 Å². The van der Waals surface area contributed by atoms with Crippen LogP contribution in [-0.2, 0) is 20.4 Å². The minimum atomic E-state index is -4.03. The Morgan fingerprint density at radius 2 is 1.65 bits per heavy atom. The topological polar surface area (TPSA) is 69.7 Å². The summed E-state index contributed by atoms with van der Waals surface area (Å²) >= 11 is 1.16. The Labute approximate surface area is 218 Å². The molecule has 0 radical (unpaired) electrons. The number of nitrogens with one attached hydrogen (secondary N) is 1. The summed E-state index contributed by atoms with van der Waals surface area (Å²) in [5, 5.41) is 2.79. The van der Waals surface area contributed by atoms with E-state index in [-0.39, 0.29) is 10.8 Å². The average Bonchev–Trinajstić information content (AvgIpc) is 2.87. The molecule has 2 aliphatic heterocycles. The first-order valence-corrected chi connectivity index (χ1v) is 14.2. The number of nitrogens with zero attached hydrogens (tertiary/aromatic N) is 2. The lowest BCUT2D eigenvalue weighted by Gasteiger charge is -2.34. The number of halogens is 2. The number of benzene rings is 3. The molecule has 0 aliphatic carbocycles. The second-order valence-electron chi connectivity index (χ2n) is 9.06. The molecule has 2 aliphatic rings. The van der Waals surface area contributed by atoms with Crippen LogP contribution in [0.25, 0.3) is 6.08 Å². The van der Waals surface area contributed by atoms with E-state index in [1.165, 1.54) is 24.3 Å². The number of rotatable bonds is 5. The summed E-state index contributed by atoms with van der Waals surface area (Å²) in [7, 11) is -1.92. The van der Waals surface area contributed by atoms with Crippen molar-refractivity contribution in [3.05, 3.63) is 88.3 Å². The van der Waals surface area contributed by atoms with Crippen molar-refractivity contribution in [2.45, 2.75) is 15.5 Å². The number of fused-ring (bicyclic) bond motifs is 1. The van der Waals surface area contributed by atoms with E-state index in [4.69, 9.17) is 0 Å². The van der Waals surface area contributed by atoms with Gasteiger partial charge in [0.05, 0.1) is 21.2 Å². The van der Waals surface area contributed by atoms with E-state index in [1.54, 1.807) is 6.08 Å². The van der Waals surface area contributed by atoms with E-state index in [0.29, 0.717) is 15.5 Å². The van der Waals surface area contributed by atoms with Crippen molar-refractivity contribution >= 4 is 45.0 Å². The number of hydrogen-bond donors (Lipinski definition) is 1. The maximum absolute atomic E-state index is 14.0. The lowest BCUT2D eigenvalue weighted by atomic mass is 10.1. The van der Waals surface area contributed by atoms with Crippen molar-refractivity contribution in [2.75, 3.05) is 43.4 Å². The van der Waals surface area contributed by atoms with E-state index in [9.17, 15) is 22.0 Å². The van der Waals surface area contributed by atoms with Crippen LogP contribution in [0.1, 0.15) is 11.1 Å². The maximum atomic E-state index is 14.0. The minimum Gasteiger partial charge on any atom is -0.369 e. The first kappa shape index (κ1) is 25.4. The lowest BCUT2D eigenvalue weighted by Crippen LogP contribution is -2.44. The zero-order valence-corrected chi connectivity index (χ0v) is 21.7. The predicted octanol–water partition coefficient (Wildman–Crippen LogP) is 4.78. The highest BCUT2D eigenvalue weighted by atomic mass is 32.2. The molecule has 5 rings (SSSR count). The fourth-order valence-electron chi connectivity index (χ4n) is 4.27. The summed E-state index contributed by atoms with van der Waals surface area (Å²) in [6.45, 7) is 3.94. The summed E-state index contributed by atoms with van der Waals surface area (Å²) in [4.78, 5) is 18.2. The van der Waals surface area contributed by atoms with Gasteiger partial charge >= 0.3 is 0 Å². The molecule has 3 aromatic rings. The molecule has 1 saturated heterocycles. The van der Waals surface area contributed by atoms with Crippen LogP contribution < -0.4 is 10.2 Å². The van der Waals surface area contributed by atoms with Gasteiger partial charge in [0.1, 0.15) is 11.6 Å². The van der Waals surface area contributed by atoms with Crippen LogP contribution in [0.4, 0.5) is 20.2 Å². The van der Waals surface area contributed by atoms with Gasteiger partial charge in [-0.3, -0.25) is 4.79 Å². The van der Waals surface area contributed by atoms with Gasteiger partial charge in [0.25, 0.3) is 5.91 Å². The molecule has 0 saturated carbocycles. The molecule has 0 aromatic heterocycles. The summed E-state index contributed by atoms with van der Waals surface area (Å²) in [6, 6.07) is 15.5. The average molecular weight is 542 g/mol. The Hall–Kier alpha value is -3.21. The highest BCUT2D eigenvalue weighted by Gasteiger charge is 2.26. The molecule has 1 fully saturated rings. The molecule has 192 valence electrons. The van der Waals surface area contributed by atoms with E-state index in [1.807, 2.05) is 24.3 Å². The third-order valence-electron chi connectivity index (χ3n) is 6.46. The molecule has 0 bridgehead atoms. The standard InChI is InChI=1S/C27H25F2N3O3S2/c1-31-11-13-32(14-12-31)19-7-5-18(6-8-19)15-26-27(33)30-24-10-9-20(16-25(24)36-26)37(34,35)17-21-22(28)3-2-4-23(21)29/h2-10,15-16H,11-14,17H2,1H3,(H,30,33)/b26-15-. The highest BCUT2D eigenvalue weighted by Crippen LogP contribution is 2.40. The number of piperazine rings is 1. The normalized spacial score (nSPS) is 17.5. The van der Waals surface area contributed by atoms with Gasteiger partial charge in [0.15, 0.2) is 9.84 Å². The molecule has 37 heavy (non-hydrogen) atoms. The zero-order chi connectivity index (χ0) is 26.2. The summed E-state index contributed by atoms with van der Waals surface area (Å²) < 4.78 is 54.0. The number of carbonyl (C=O) groups excluding carboxylic acids is 1. The Morgan fingerprint density at radius 1 is 0.973 bits per heavy atom. The van der Waals surface area contributed by atoms with Gasteiger partial charge in [-0.1, -0.05) is 30.0 Å². The van der Waals surface area contributed by atoms with Gasteiger partial charge in [-0.05, 0) is 61.2 Å². The van der Waals surface area contributed by atoms with Gasteiger partial charge in [-0.15, -0.1) is 0 Å². The number of amides is 1. The first-order valence-electron chi connectivity index (χ1n) is 11.7. The summed E-state index contributed by atoms with van der Waals surface area (Å²) in [5.41, 5.74) is 1.95. The largest absolute Gasteiger partial charge is 0.369 e. The molecule has 0 unspecified atom stereocenters. The first-order chi connectivity index (χ1) is 17.7. The Kier molecular flexibility index (Phi) is 7.06. The van der Waals surface area contributed by atoms with Crippen LogP contribution >= 0.6 is 11.8 Å². The number of hydrogen-bond acceptors (Lipinski definition) is 6. The van der Waals surface area contributed by atoms with Gasteiger partial charge in [-0.25, -0.2) is 17.2 Å². The third kappa shape index (κ3) is 5.56. The number of carbonyl (C=O) groups is 1. The Bertz CT molecular complexity index is 1460. The second kappa shape index (κ2) is 10.3. The SMILES string of the molecule is CN1CCN(c2ccc(/C=C3\Sc4cc(S(=O)(=O)Cc5c(F)cccc5F)ccc4NC3=O)cc2)CC1. The van der Waals surface area contributed by atoms with Crippen molar-refractivity contribution in [3.63, 3.8) is 0 Å². The van der Waals surface area contributed by atoms with Gasteiger partial charge < -0.3 is 15.1 Å². The molecule has 10 heteroatoms. The zero-order valence-electron chi connectivity index (χ0n) is 20.1. The monoisotopic (exact) mass is 541 g/mol. The predicted molar refractivity (Wildman–Crippen MR) is 142 cm³/mol. The van der Waals surface area contributed by atoms with Crippen LogP contribution in [0.3, 0.4) is 0 Å². The fourth-order valence-corrected chi connectivity index (χ4v) is 6.73. The van der Waals surface area contributed by atoms with Crippen molar-refractivity contribution in [1.29, 1.82) is 0 Å². The molecule has 0 spiro atoms. The number of anilines is 2. The third-order valence-corrected chi connectivity index (χ3v) is 9.18. The van der Waals surface area contributed by atoms with E-state index >= 15 is 0 Å². The number of likely N-dealkylation sites (N-methyl/N-ethyl adjacent to an activating group) is 1. The molecule has 2 heterocycles. The lowest BCUT2D eigenvalue weighted by molar-refractivity contribution is -0.112. The number of sulfone groups is 1. The quantitative estimate of drug-likeness (QED) is 0.469. The number of thioether (sulfide) groups is 1. The van der Waals surface area contributed by atoms with Crippen LogP contribution in [0.5, 0.6) is 0 Å². The highest BCUT2D eigenvalue weighted by molar-refractivity contribution is 8.04. The van der Waals surface area contributed by atoms with Crippen LogP contribution in [0.15, 0.2) is 75.4 Å². The summed E-state index contributed by atoms with van der Waals surface area (Å²) in [5.74, 6) is -2.91.